The van der Waals surface area contributed by atoms with Gasteiger partial charge in [0.25, 0.3) is 0 Å². The van der Waals surface area contributed by atoms with Crippen LogP contribution in [0.2, 0.25) is 5.02 Å². The van der Waals surface area contributed by atoms with Gasteiger partial charge in [-0.05, 0) is 23.6 Å². The number of benzene rings is 1. The molecule has 0 aliphatic heterocycles. The molecule has 1 aromatic carbocycles. The number of thiophene rings is 1. The Morgan fingerprint density at radius 1 is 1.20 bits per heavy atom. The molecule has 0 saturated heterocycles. The summed E-state index contributed by atoms with van der Waals surface area (Å²) in [5.41, 5.74) is 0.0195. The minimum atomic E-state index is -0.674. The van der Waals surface area contributed by atoms with Crippen LogP contribution in [-0.2, 0) is 4.79 Å². The topological polar surface area (TPSA) is 46.2 Å². The van der Waals surface area contributed by atoms with E-state index in [1.165, 1.54) is 29.5 Å². The predicted molar refractivity (Wildman–Crippen MR) is 77.9 cm³/mol. The van der Waals surface area contributed by atoms with Gasteiger partial charge < -0.3 is 5.32 Å². The van der Waals surface area contributed by atoms with Crippen LogP contribution in [0.1, 0.15) is 22.5 Å². The van der Waals surface area contributed by atoms with E-state index < -0.39 is 11.7 Å². The highest BCUT2D eigenvalue weighted by atomic mass is 35.5. The highest BCUT2D eigenvalue weighted by molar-refractivity contribution is 7.12. The number of nitrogens with one attached hydrogen (secondary N) is 1. The van der Waals surface area contributed by atoms with Gasteiger partial charge in [0, 0.05) is 12.8 Å². The first-order valence-corrected chi connectivity index (χ1v) is 7.14. The number of carbonyl (C=O) groups excluding carboxylic acids is 2. The van der Waals surface area contributed by atoms with Crippen LogP contribution in [0.4, 0.5) is 10.1 Å². The first kappa shape index (κ1) is 14.7. The molecule has 20 heavy (non-hydrogen) atoms. The Hall–Kier alpha value is -1.72. The fourth-order valence-electron chi connectivity index (χ4n) is 1.60. The van der Waals surface area contributed by atoms with Gasteiger partial charge in [0.05, 0.1) is 15.6 Å². The van der Waals surface area contributed by atoms with Gasteiger partial charge in [0.1, 0.15) is 0 Å². The Morgan fingerprint density at radius 2 is 2.00 bits per heavy atom. The maximum absolute atomic E-state index is 13.6. The molecule has 1 aromatic heterocycles. The van der Waals surface area contributed by atoms with Crippen LogP contribution in [0.5, 0.6) is 0 Å². The lowest BCUT2D eigenvalue weighted by atomic mass is 10.2. The van der Waals surface area contributed by atoms with Crippen LogP contribution in [-0.4, -0.2) is 11.7 Å². The van der Waals surface area contributed by atoms with Gasteiger partial charge in [-0.25, -0.2) is 4.39 Å². The molecule has 0 spiro atoms. The smallest absolute Gasteiger partial charge is 0.224 e. The number of Topliss-reactive ketones (excluding diaryl/α,β-unsaturated/α-hetero) is 1. The van der Waals surface area contributed by atoms with Crippen LogP contribution in [0.15, 0.2) is 35.7 Å². The van der Waals surface area contributed by atoms with E-state index in [1.54, 1.807) is 17.5 Å². The van der Waals surface area contributed by atoms with Crippen molar-refractivity contribution in [2.45, 2.75) is 12.8 Å². The van der Waals surface area contributed by atoms with E-state index in [1.807, 2.05) is 0 Å². The minimum Gasteiger partial charge on any atom is -0.324 e. The Morgan fingerprint density at radius 3 is 2.70 bits per heavy atom. The summed E-state index contributed by atoms with van der Waals surface area (Å²) < 4.78 is 13.6. The number of carbonyl (C=O) groups is 2. The number of halogens is 2. The zero-order valence-electron chi connectivity index (χ0n) is 10.4. The molecule has 0 saturated carbocycles. The van der Waals surface area contributed by atoms with Crippen LogP contribution in [0.25, 0.3) is 0 Å². The second kappa shape index (κ2) is 6.63. The molecule has 2 aromatic rings. The van der Waals surface area contributed by atoms with Gasteiger partial charge in [-0.2, -0.15) is 0 Å². The molecule has 0 bridgehead atoms. The van der Waals surface area contributed by atoms with E-state index in [4.69, 9.17) is 11.6 Å². The Kier molecular flexibility index (Phi) is 4.87. The van der Waals surface area contributed by atoms with Crippen molar-refractivity contribution in [2.24, 2.45) is 0 Å². The van der Waals surface area contributed by atoms with Crippen molar-refractivity contribution < 1.29 is 14.0 Å². The zero-order chi connectivity index (χ0) is 14.5. The van der Waals surface area contributed by atoms with E-state index in [2.05, 4.69) is 5.32 Å². The highest BCUT2D eigenvalue weighted by Gasteiger charge is 2.12. The molecule has 0 fully saturated rings. The maximum atomic E-state index is 13.6. The summed E-state index contributed by atoms with van der Waals surface area (Å²) in [6.07, 6.45) is 0.0945. The lowest BCUT2D eigenvalue weighted by Crippen LogP contribution is -2.14. The fraction of sp³-hybridized carbons (Fsp3) is 0.143. The Labute approximate surface area is 124 Å². The van der Waals surface area contributed by atoms with Gasteiger partial charge in [-0.3, -0.25) is 9.59 Å². The summed E-state index contributed by atoms with van der Waals surface area (Å²) in [6, 6.07) is 7.84. The van der Waals surface area contributed by atoms with E-state index in [9.17, 15) is 14.0 Å². The van der Waals surface area contributed by atoms with Crippen molar-refractivity contribution in [3.63, 3.8) is 0 Å². The third kappa shape index (κ3) is 3.65. The van der Waals surface area contributed by atoms with E-state index >= 15 is 0 Å². The lowest BCUT2D eigenvalue weighted by Gasteiger charge is -2.06. The van der Waals surface area contributed by atoms with Crippen molar-refractivity contribution in [1.82, 2.24) is 0 Å². The quantitative estimate of drug-likeness (QED) is 0.843. The van der Waals surface area contributed by atoms with Crippen molar-refractivity contribution in [3.8, 4) is 0 Å². The van der Waals surface area contributed by atoms with Crippen molar-refractivity contribution in [3.05, 3.63) is 51.4 Å². The molecule has 0 atom stereocenters. The largest absolute Gasteiger partial charge is 0.324 e. The average molecular weight is 312 g/mol. The third-order valence-electron chi connectivity index (χ3n) is 2.60. The number of rotatable bonds is 5. The molecule has 0 aliphatic rings. The molecule has 1 amide bonds. The average Bonchev–Trinajstić information content (AvgIpc) is 2.95. The maximum Gasteiger partial charge on any atom is 0.224 e. The van der Waals surface area contributed by atoms with Crippen molar-refractivity contribution in [2.75, 3.05) is 5.32 Å². The van der Waals surface area contributed by atoms with Gasteiger partial charge in [0.15, 0.2) is 11.6 Å². The van der Waals surface area contributed by atoms with Crippen LogP contribution in [0.3, 0.4) is 0 Å². The minimum absolute atomic E-state index is 0.00267. The third-order valence-corrected chi connectivity index (χ3v) is 3.80. The van der Waals surface area contributed by atoms with E-state index in [0.717, 1.165) is 0 Å². The standard InChI is InChI=1S/C14H11ClFNO2S/c15-9-3-1-4-10(14(9)16)17-13(19)7-6-11(18)12-5-2-8-20-12/h1-5,8H,6-7H2,(H,17,19). The Balaban J connectivity index is 1.90. The molecular formula is C14H11ClFNO2S. The molecule has 1 N–H and O–H groups in total. The van der Waals surface area contributed by atoms with Crippen LogP contribution in [0, 0.1) is 5.82 Å². The molecule has 6 heteroatoms. The van der Waals surface area contributed by atoms with Gasteiger partial charge in [0.2, 0.25) is 5.91 Å². The Bertz CT molecular complexity index is 628. The van der Waals surface area contributed by atoms with Crippen LogP contribution >= 0.6 is 22.9 Å². The van der Waals surface area contributed by atoms with Gasteiger partial charge in [-0.15, -0.1) is 11.3 Å². The highest BCUT2D eigenvalue weighted by Crippen LogP contribution is 2.22. The fourth-order valence-corrected chi connectivity index (χ4v) is 2.47. The molecule has 0 aliphatic carbocycles. The van der Waals surface area contributed by atoms with Crippen molar-refractivity contribution >= 4 is 40.3 Å². The molecule has 2 rings (SSSR count). The molecule has 3 nitrogen and oxygen atoms in total. The summed E-state index contributed by atoms with van der Waals surface area (Å²) in [5, 5.41) is 4.15. The normalized spacial score (nSPS) is 10.3. The second-order valence-corrected chi connectivity index (χ2v) is 5.40. The van der Waals surface area contributed by atoms with E-state index in [0.29, 0.717) is 4.88 Å². The zero-order valence-corrected chi connectivity index (χ0v) is 11.9. The number of anilines is 1. The van der Waals surface area contributed by atoms with Crippen molar-refractivity contribution in [1.29, 1.82) is 0 Å². The summed E-state index contributed by atoms with van der Waals surface area (Å²) >= 11 is 6.95. The summed E-state index contributed by atoms with van der Waals surface area (Å²) in [5.74, 6) is -1.19. The monoisotopic (exact) mass is 311 g/mol. The predicted octanol–water partition coefficient (Wildman–Crippen LogP) is 4.14. The second-order valence-electron chi connectivity index (χ2n) is 4.05. The molecule has 104 valence electrons. The first-order chi connectivity index (χ1) is 9.58. The molecule has 1 heterocycles. The summed E-state index contributed by atoms with van der Waals surface area (Å²) in [7, 11) is 0. The SMILES string of the molecule is O=C(CCC(=O)c1cccs1)Nc1cccc(Cl)c1F. The van der Waals surface area contributed by atoms with Gasteiger partial charge >= 0.3 is 0 Å². The summed E-state index contributed by atoms with van der Waals surface area (Å²) in [6.45, 7) is 0. The molecule has 0 radical (unpaired) electrons. The van der Waals surface area contributed by atoms with Gasteiger partial charge in [-0.1, -0.05) is 23.7 Å². The number of hydrogen-bond donors (Lipinski definition) is 1. The number of ketones is 1. The first-order valence-electron chi connectivity index (χ1n) is 5.88. The van der Waals surface area contributed by atoms with E-state index in [-0.39, 0.29) is 29.3 Å². The summed E-state index contributed by atoms with van der Waals surface area (Å²) in [4.78, 5) is 24.0. The molecular weight excluding hydrogens is 301 g/mol. The molecule has 0 unspecified atom stereocenters. The number of hydrogen-bond acceptors (Lipinski definition) is 3. The number of amides is 1. The lowest BCUT2D eigenvalue weighted by molar-refractivity contribution is -0.116. The van der Waals surface area contributed by atoms with Crippen LogP contribution < -0.4 is 5.32 Å².